The lowest BCUT2D eigenvalue weighted by molar-refractivity contribution is -0.131. The molecule has 2 heterocycles. The summed E-state index contributed by atoms with van der Waals surface area (Å²) in [6, 6.07) is 5.12. The lowest BCUT2D eigenvalue weighted by atomic mass is 10.2. The Morgan fingerprint density at radius 2 is 1.82 bits per heavy atom. The molecule has 1 aromatic rings. The molecule has 2 saturated heterocycles. The average Bonchev–Trinajstić information content (AvgIpc) is 3.21. The molecule has 3 rings (SSSR count). The molecule has 0 unspecified atom stereocenters. The fourth-order valence-corrected chi connectivity index (χ4v) is 3.79. The third kappa shape index (κ3) is 6.28. The van der Waals surface area contributed by atoms with Gasteiger partial charge in [0.2, 0.25) is 5.91 Å². The van der Waals surface area contributed by atoms with Gasteiger partial charge in [-0.3, -0.25) is 14.7 Å². The Morgan fingerprint density at radius 1 is 1.14 bits per heavy atom. The van der Waals surface area contributed by atoms with Crippen molar-refractivity contribution >= 4 is 51.8 Å². The predicted octanol–water partition coefficient (Wildman–Crippen LogP) is 2.52. The predicted molar refractivity (Wildman–Crippen MR) is 124 cm³/mol. The number of guanidine groups is 1. The van der Waals surface area contributed by atoms with Gasteiger partial charge in [-0.05, 0) is 46.5 Å². The molecule has 28 heavy (non-hydrogen) atoms. The van der Waals surface area contributed by atoms with Gasteiger partial charge >= 0.3 is 0 Å². The summed E-state index contributed by atoms with van der Waals surface area (Å²) in [7, 11) is 1.76. The third-order valence-electron chi connectivity index (χ3n) is 5.14. The minimum Gasteiger partial charge on any atom is -0.352 e. The number of nitrogens with zero attached hydrogens (tertiary/aromatic N) is 4. The molecule has 1 aromatic carbocycles. The maximum Gasteiger partial charge on any atom is 0.236 e. The van der Waals surface area contributed by atoms with Gasteiger partial charge in [0.25, 0.3) is 0 Å². The Labute approximate surface area is 191 Å². The van der Waals surface area contributed by atoms with Crippen LogP contribution >= 0.6 is 39.9 Å². The lowest BCUT2D eigenvalue weighted by Crippen LogP contribution is -2.54. The normalized spacial score (nSPS) is 18.2. The van der Waals surface area contributed by atoms with Crippen LogP contribution in [0.25, 0.3) is 0 Å². The zero-order valence-electron chi connectivity index (χ0n) is 16.2. The molecule has 2 aliphatic heterocycles. The fourth-order valence-electron chi connectivity index (χ4n) is 3.54. The van der Waals surface area contributed by atoms with Gasteiger partial charge in [-0.2, -0.15) is 0 Å². The van der Waals surface area contributed by atoms with E-state index in [9.17, 15) is 9.18 Å². The van der Waals surface area contributed by atoms with E-state index < -0.39 is 0 Å². The minimum absolute atomic E-state index is 0. The molecule has 0 aromatic heterocycles. The highest BCUT2D eigenvalue weighted by atomic mass is 127. The van der Waals surface area contributed by atoms with E-state index >= 15 is 0 Å². The van der Waals surface area contributed by atoms with Crippen LogP contribution in [0.3, 0.4) is 0 Å². The van der Waals surface area contributed by atoms with Crippen LogP contribution < -0.4 is 5.32 Å². The Bertz CT molecular complexity index is 691. The maximum absolute atomic E-state index is 13.6. The third-order valence-corrected chi connectivity index (χ3v) is 5.78. The number of halogens is 3. The number of nitrogens with one attached hydrogen (secondary N) is 1. The average molecular weight is 568 g/mol. The summed E-state index contributed by atoms with van der Waals surface area (Å²) in [4.78, 5) is 23.0. The van der Waals surface area contributed by atoms with Crippen molar-refractivity contribution in [2.24, 2.45) is 4.99 Å². The second-order valence-electron chi connectivity index (χ2n) is 7.00. The van der Waals surface area contributed by atoms with Crippen molar-refractivity contribution in [1.29, 1.82) is 0 Å². The summed E-state index contributed by atoms with van der Waals surface area (Å²) in [6.07, 6.45) is 2.26. The number of amides is 1. The Balaban J connectivity index is 0.00000280. The highest BCUT2D eigenvalue weighted by Gasteiger charge is 2.24. The first kappa shape index (κ1) is 23.3. The number of hydrogen-bond donors (Lipinski definition) is 1. The number of likely N-dealkylation sites (tertiary alicyclic amines) is 1. The van der Waals surface area contributed by atoms with Gasteiger partial charge in [0.05, 0.1) is 11.0 Å². The standard InChI is InChI=1S/C19H27BrFN5O.HI/c1-22-19(23-13-15-4-5-16(20)17(21)12-15)26-10-8-24(9-11-26)14-18(27)25-6-2-3-7-25;/h4-5,12H,2-3,6-11,13-14H2,1H3,(H,22,23);1H. The highest BCUT2D eigenvalue weighted by Crippen LogP contribution is 2.16. The van der Waals surface area contributed by atoms with Crippen LogP contribution in [0.1, 0.15) is 18.4 Å². The number of piperazine rings is 1. The van der Waals surface area contributed by atoms with Crippen LogP contribution in [0.4, 0.5) is 4.39 Å². The molecule has 2 aliphatic rings. The van der Waals surface area contributed by atoms with E-state index in [1.807, 2.05) is 11.0 Å². The quantitative estimate of drug-likeness (QED) is 0.345. The van der Waals surface area contributed by atoms with Gasteiger partial charge in [-0.1, -0.05) is 6.07 Å². The Morgan fingerprint density at radius 3 is 2.43 bits per heavy atom. The van der Waals surface area contributed by atoms with E-state index in [-0.39, 0.29) is 35.7 Å². The Hall–Kier alpha value is -0.940. The van der Waals surface area contributed by atoms with E-state index in [0.29, 0.717) is 17.6 Å². The molecule has 0 aliphatic carbocycles. The number of benzene rings is 1. The number of rotatable bonds is 4. The molecule has 156 valence electrons. The smallest absolute Gasteiger partial charge is 0.236 e. The van der Waals surface area contributed by atoms with E-state index in [1.54, 1.807) is 13.1 Å². The molecule has 1 N–H and O–H groups in total. The van der Waals surface area contributed by atoms with Gasteiger partial charge in [0.15, 0.2) is 5.96 Å². The fraction of sp³-hybridized carbons (Fsp3) is 0.579. The van der Waals surface area contributed by atoms with Crippen molar-refractivity contribution in [2.75, 3.05) is 52.9 Å². The second-order valence-corrected chi connectivity index (χ2v) is 7.85. The van der Waals surface area contributed by atoms with Crippen LogP contribution in [0.5, 0.6) is 0 Å². The van der Waals surface area contributed by atoms with E-state index in [4.69, 9.17) is 0 Å². The summed E-state index contributed by atoms with van der Waals surface area (Å²) in [5.41, 5.74) is 0.867. The second kappa shape index (κ2) is 11.3. The molecule has 0 atom stereocenters. The summed E-state index contributed by atoms with van der Waals surface area (Å²) in [5, 5.41) is 3.30. The summed E-state index contributed by atoms with van der Waals surface area (Å²) in [5.74, 6) is 0.796. The monoisotopic (exact) mass is 567 g/mol. The SMILES string of the molecule is CN=C(NCc1ccc(Br)c(F)c1)N1CCN(CC(=O)N2CCCC2)CC1.I. The number of carbonyl (C=O) groups excluding carboxylic acids is 1. The van der Waals surface area contributed by atoms with Crippen LogP contribution in [0.2, 0.25) is 0 Å². The molecule has 0 saturated carbocycles. The van der Waals surface area contributed by atoms with Crippen molar-refractivity contribution in [2.45, 2.75) is 19.4 Å². The van der Waals surface area contributed by atoms with Gasteiger partial charge in [-0.25, -0.2) is 4.39 Å². The number of hydrogen-bond acceptors (Lipinski definition) is 3. The molecular formula is C19H28BrFIN5O. The lowest BCUT2D eigenvalue weighted by Gasteiger charge is -2.36. The summed E-state index contributed by atoms with van der Waals surface area (Å²) in [6.45, 7) is 6.17. The molecule has 6 nitrogen and oxygen atoms in total. The van der Waals surface area contributed by atoms with Crippen LogP contribution in [-0.4, -0.2) is 79.4 Å². The van der Waals surface area contributed by atoms with Gasteiger partial charge in [0, 0.05) is 52.9 Å². The largest absolute Gasteiger partial charge is 0.352 e. The van der Waals surface area contributed by atoms with Gasteiger partial charge in [0.1, 0.15) is 5.82 Å². The molecule has 0 bridgehead atoms. The van der Waals surface area contributed by atoms with Gasteiger partial charge in [-0.15, -0.1) is 24.0 Å². The Kier molecular flexibility index (Phi) is 9.42. The van der Waals surface area contributed by atoms with Crippen molar-refractivity contribution in [1.82, 2.24) is 20.0 Å². The summed E-state index contributed by atoms with van der Waals surface area (Å²) < 4.78 is 14.1. The zero-order chi connectivity index (χ0) is 19.2. The number of aliphatic imine (C=N–C) groups is 1. The van der Waals surface area contributed by atoms with Crippen molar-refractivity contribution in [3.05, 3.63) is 34.1 Å². The van der Waals surface area contributed by atoms with Crippen LogP contribution in [0, 0.1) is 5.82 Å². The van der Waals surface area contributed by atoms with Crippen molar-refractivity contribution in [3.8, 4) is 0 Å². The first-order valence-corrected chi connectivity index (χ1v) is 10.3. The zero-order valence-corrected chi connectivity index (χ0v) is 20.1. The van der Waals surface area contributed by atoms with Crippen LogP contribution in [-0.2, 0) is 11.3 Å². The molecular weight excluding hydrogens is 540 g/mol. The molecule has 0 spiro atoms. The number of carbonyl (C=O) groups is 1. The minimum atomic E-state index is -0.263. The van der Waals surface area contributed by atoms with E-state index in [1.165, 1.54) is 6.07 Å². The molecule has 0 radical (unpaired) electrons. The van der Waals surface area contributed by atoms with Crippen molar-refractivity contribution < 1.29 is 9.18 Å². The van der Waals surface area contributed by atoms with E-state index in [0.717, 1.165) is 63.6 Å². The maximum atomic E-state index is 13.6. The molecule has 2 fully saturated rings. The highest BCUT2D eigenvalue weighted by molar-refractivity contribution is 14.0. The topological polar surface area (TPSA) is 51.2 Å². The van der Waals surface area contributed by atoms with Crippen molar-refractivity contribution in [3.63, 3.8) is 0 Å². The molecule has 1 amide bonds. The first-order chi connectivity index (χ1) is 13.1. The summed E-state index contributed by atoms with van der Waals surface area (Å²) >= 11 is 3.17. The van der Waals surface area contributed by atoms with Gasteiger partial charge < -0.3 is 15.1 Å². The molecule has 9 heteroatoms. The first-order valence-electron chi connectivity index (χ1n) is 9.46. The van der Waals surface area contributed by atoms with E-state index in [2.05, 4.69) is 36.0 Å². The van der Waals surface area contributed by atoms with Crippen LogP contribution in [0.15, 0.2) is 27.7 Å².